The highest BCUT2D eigenvalue weighted by Crippen LogP contribution is 2.54. The molecule has 1 nitrogen and oxygen atoms in total. The molecule has 4 rings (SSSR count). The average molecular weight is 393 g/mol. The molecule has 0 heterocycles. The Morgan fingerprint density at radius 3 is 2.03 bits per heavy atom. The molecule has 1 heteroatoms. The second-order valence-electron chi connectivity index (χ2n) is 7.49. The van der Waals surface area contributed by atoms with Gasteiger partial charge < -0.3 is 5.11 Å². The van der Waals surface area contributed by atoms with Gasteiger partial charge in [0.2, 0.25) is 0 Å². The Hall–Kier alpha value is -3.50. The van der Waals surface area contributed by atoms with Crippen molar-refractivity contribution < 1.29 is 5.11 Å². The molecule has 0 aliphatic heterocycles. The van der Waals surface area contributed by atoms with Crippen molar-refractivity contribution in [1.82, 2.24) is 0 Å². The van der Waals surface area contributed by atoms with Crippen molar-refractivity contribution in [1.29, 1.82) is 0 Å². The van der Waals surface area contributed by atoms with Gasteiger partial charge in [-0.2, -0.15) is 0 Å². The second-order valence-corrected chi connectivity index (χ2v) is 7.49. The zero-order valence-electron chi connectivity index (χ0n) is 17.7. The van der Waals surface area contributed by atoms with Crippen LogP contribution in [0.25, 0.3) is 0 Å². The minimum absolute atomic E-state index is 0.388. The summed E-state index contributed by atoms with van der Waals surface area (Å²) >= 11 is 0. The maximum Gasteiger partial charge on any atom is 0.119 e. The number of hydrogen-bond donors (Lipinski definition) is 1. The molecule has 0 spiro atoms. The molecule has 0 aromatic heterocycles. The highest BCUT2D eigenvalue weighted by molar-refractivity contribution is 5.67. The molecule has 2 aliphatic rings. The summed E-state index contributed by atoms with van der Waals surface area (Å²) in [7, 11) is 0. The van der Waals surface area contributed by atoms with Gasteiger partial charge in [-0.25, -0.2) is 0 Å². The van der Waals surface area contributed by atoms with Crippen molar-refractivity contribution in [3.05, 3.63) is 130 Å². The third-order valence-corrected chi connectivity index (χ3v) is 5.89. The molecule has 0 atom stereocenters. The lowest BCUT2D eigenvalue weighted by Crippen LogP contribution is -2.36. The molecular weight excluding hydrogens is 364 g/mol. The standard InChI is InChI=1S/C27H26O.C2H2/c1-3-12-24-20(2)19-23-25(17-10-11-18-26(23)28)27(24,21-13-6-4-7-14-21)22-15-8-5-9-16-22;1-2/h3-16,18,28H,17,19H2,1-2H3;1-2H/b12-3-;. The van der Waals surface area contributed by atoms with Crippen LogP contribution >= 0.6 is 0 Å². The number of rotatable bonds is 3. The van der Waals surface area contributed by atoms with Crippen molar-refractivity contribution in [2.75, 3.05) is 0 Å². The zero-order chi connectivity index (χ0) is 21.6. The second kappa shape index (κ2) is 9.33. The zero-order valence-corrected chi connectivity index (χ0v) is 17.7. The minimum Gasteiger partial charge on any atom is -0.508 e. The summed E-state index contributed by atoms with van der Waals surface area (Å²) < 4.78 is 0. The lowest BCUT2D eigenvalue weighted by atomic mass is 9.58. The Morgan fingerprint density at radius 1 is 0.933 bits per heavy atom. The molecule has 0 bridgehead atoms. The molecule has 0 fully saturated rings. The van der Waals surface area contributed by atoms with E-state index in [4.69, 9.17) is 0 Å². The van der Waals surface area contributed by atoms with Gasteiger partial charge in [0.25, 0.3) is 0 Å². The third kappa shape index (κ3) is 3.46. The molecular formula is C29H28O. The van der Waals surface area contributed by atoms with Crippen LogP contribution in [0.4, 0.5) is 0 Å². The van der Waals surface area contributed by atoms with E-state index in [1.807, 2.05) is 12.2 Å². The Labute approximate surface area is 180 Å². The maximum atomic E-state index is 10.9. The van der Waals surface area contributed by atoms with E-state index in [2.05, 4.69) is 106 Å². The molecule has 30 heavy (non-hydrogen) atoms. The molecule has 2 aromatic carbocycles. The quantitative estimate of drug-likeness (QED) is 0.547. The summed E-state index contributed by atoms with van der Waals surface area (Å²) in [5, 5.41) is 10.9. The van der Waals surface area contributed by atoms with Gasteiger partial charge in [-0.05, 0) is 60.6 Å². The summed E-state index contributed by atoms with van der Waals surface area (Å²) in [6.45, 7) is 4.28. The summed E-state index contributed by atoms with van der Waals surface area (Å²) in [5.74, 6) is 0.388. The van der Waals surface area contributed by atoms with Crippen LogP contribution in [-0.4, -0.2) is 5.11 Å². The van der Waals surface area contributed by atoms with Gasteiger partial charge in [0, 0.05) is 0 Å². The van der Waals surface area contributed by atoms with Crippen LogP contribution in [0, 0.1) is 12.8 Å². The molecule has 0 saturated carbocycles. The lowest BCUT2D eigenvalue weighted by Gasteiger charge is -2.44. The molecule has 2 aromatic rings. The Morgan fingerprint density at radius 2 is 1.50 bits per heavy atom. The third-order valence-electron chi connectivity index (χ3n) is 5.89. The molecule has 0 radical (unpaired) electrons. The number of hydrogen-bond acceptors (Lipinski definition) is 1. The van der Waals surface area contributed by atoms with Gasteiger partial charge in [0.1, 0.15) is 5.76 Å². The lowest BCUT2D eigenvalue weighted by molar-refractivity contribution is 0.416. The topological polar surface area (TPSA) is 20.2 Å². The summed E-state index contributed by atoms with van der Waals surface area (Å²) in [5.41, 5.74) is 7.01. The first-order valence-electron chi connectivity index (χ1n) is 10.3. The minimum atomic E-state index is -0.413. The molecule has 150 valence electrons. The van der Waals surface area contributed by atoms with Gasteiger partial charge in [-0.1, -0.05) is 90.5 Å². The van der Waals surface area contributed by atoms with Gasteiger partial charge >= 0.3 is 0 Å². The predicted octanol–water partition coefficient (Wildman–Crippen LogP) is 7.22. The Kier molecular flexibility index (Phi) is 6.60. The van der Waals surface area contributed by atoms with Crippen LogP contribution in [0.2, 0.25) is 0 Å². The van der Waals surface area contributed by atoms with E-state index in [0.717, 1.165) is 18.4 Å². The van der Waals surface area contributed by atoms with Crippen molar-refractivity contribution in [2.45, 2.75) is 32.1 Å². The number of allylic oxidation sites excluding steroid dienone is 9. The first-order chi connectivity index (χ1) is 14.7. The van der Waals surface area contributed by atoms with E-state index in [9.17, 15) is 5.11 Å². The predicted molar refractivity (Wildman–Crippen MR) is 127 cm³/mol. The van der Waals surface area contributed by atoms with Crippen molar-refractivity contribution in [3.8, 4) is 12.8 Å². The molecule has 1 N–H and O–H groups in total. The SMILES string of the molecule is C#C.C/C=C\C1=C(C)CC2=C(CC=CC=C2O)C1(c1ccccc1)c1ccccc1. The number of aliphatic hydroxyl groups excluding tert-OH is 1. The van der Waals surface area contributed by atoms with Gasteiger partial charge in [0.05, 0.1) is 5.41 Å². The first kappa shape index (κ1) is 21.2. The molecule has 0 unspecified atom stereocenters. The summed E-state index contributed by atoms with van der Waals surface area (Å²) in [6.07, 6.45) is 19.9. The van der Waals surface area contributed by atoms with Gasteiger partial charge in [0.15, 0.2) is 0 Å². The van der Waals surface area contributed by atoms with Crippen LogP contribution in [0.15, 0.2) is 119 Å². The van der Waals surface area contributed by atoms with Crippen molar-refractivity contribution in [2.24, 2.45) is 0 Å². The fourth-order valence-electron chi connectivity index (χ4n) is 4.78. The normalized spacial score (nSPS) is 17.7. The Bertz CT molecular complexity index is 1020. The smallest absolute Gasteiger partial charge is 0.119 e. The number of terminal acetylenes is 1. The van der Waals surface area contributed by atoms with E-state index in [1.165, 1.54) is 27.8 Å². The number of benzene rings is 2. The molecule has 0 amide bonds. The monoisotopic (exact) mass is 392 g/mol. The van der Waals surface area contributed by atoms with Gasteiger partial charge in [-0.15, -0.1) is 12.8 Å². The van der Waals surface area contributed by atoms with Crippen LogP contribution in [-0.2, 0) is 5.41 Å². The highest BCUT2D eigenvalue weighted by atomic mass is 16.3. The van der Waals surface area contributed by atoms with E-state index < -0.39 is 5.41 Å². The van der Waals surface area contributed by atoms with Crippen LogP contribution in [0.5, 0.6) is 0 Å². The average Bonchev–Trinajstić information content (AvgIpc) is 2.99. The van der Waals surface area contributed by atoms with E-state index in [1.54, 1.807) is 0 Å². The fourth-order valence-corrected chi connectivity index (χ4v) is 4.78. The summed E-state index contributed by atoms with van der Waals surface area (Å²) in [6, 6.07) is 21.4. The van der Waals surface area contributed by atoms with Crippen molar-refractivity contribution >= 4 is 0 Å². The highest BCUT2D eigenvalue weighted by Gasteiger charge is 2.45. The van der Waals surface area contributed by atoms with Gasteiger partial charge in [-0.3, -0.25) is 0 Å². The fraction of sp³-hybridized carbons (Fsp3) is 0.172. The maximum absolute atomic E-state index is 10.9. The van der Waals surface area contributed by atoms with Crippen LogP contribution in [0.3, 0.4) is 0 Å². The van der Waals surface area contributed by atoms with E-state index in [-0.39, 0.29) is 0 Å². The van der Waals surface area contributed by atoms with E-state index in [0.29, 0.717) is 5.76 Å². The molecule has 0 saturated heterocycles. The number of aliphatic hydroxyl groups is 1. The van der Waals surface area contributed by atoms with Crippen LogP contribution in [0.1, 0.15) is 37.8 Å². The Balaban J connectivity index is 0.00000124. The largest absolute Gasteiger partial charge is 0.508 e. The first-order valence-corrected chi connectivity index (χ1v) is 10.3. The van der Waals surface area contributed by atoms with Crippen LogP contribution < -0.4 is 0 Å². The molecule has 2 aliphatic carbocycles. The van der Waals surface area contributed by atoms with Crippen molar-refractivity contribution in [3.63, 3.8) is 0 Å². The summed E-state index contributed by atoms with van der Waals surface area (Å²) in [4.78, 5) is 0. The van der Waals surface area contributed by atoms with E-state index >= 15 is 0 Å².